The van der Waals surface area contributed by atoms with E-state index in [2.05, 4.69) is 12.1 Å². The lowest BCUT2D eigenvalue weighted by atomic mass is 10.0. The number of hydrogen-bond acceptors (Lipinski definition) is 6. The highest BCUT2D eigenvalue weighted by Crippen LogP contribution is 2.33. The van der Waals surface area contributed by atoms with Crippen LogP contribution in [0.15, 0.2) is 132 Å². The van der Waals surface area contributed by atoms with Gasteiger partial charge in [-0.1, -0.05) is 91.0 Å². The zero-order valence-corrected chi connectivity index (χ0v) is 21.8. The lowest BCUT2D eigenvalue weighted by molar-refractivity contribution is 0.668. The van der Waals surface area contributed by atoms with Crippen LogP contribution in [0.2, 0.25) is 0 Å². The van der Waals surface area contributed by atoms with E-state index >= 15 is 0 Å². The van der Waals surface area contributed by atoms with Crippen molar-refractivity contribution in [3.63, 3.8) is 0 Å². The number of furan rings is 1. The Balaban J connectivity index is 1.27. The second-order valence-electron chi connectivity index (χ2n) is 9.78. The van der Waals surface area contributed by atoms with E-state index in [1.165, 1.54) is 0 Å². The van der Waals surface area contributed by atoms with Crippen molar-refractivity contribution in [2.45, 2.75) is 0 Å². The molecule has 0 aliphatic heterocycles. The van der Waals surface area contributed by atoms with Gasteiger partial charge in [-0.2, -0.15) is 0 Å². The summed E-state index contributed by atoms with van der Waals surface area (Å²) in [5.41, 5.74) is 6.75. The van der Waals surface area contributed by atoms with Crippen LogP contribution in [0.3, 0.4) is 0 Å². The fraction of sp³-hybridized carbons (Fsp3) is 0. The van der Waals surface area contributed by atoms with Crippen LogP contribution in [0.1, 0.15) is 0 Å². The molecule has 4 aromatic carbocycles. The maximum atomic E-state index is 5.96. The normalized spacial score (nSPS) is 11.4. The molecule has 0 atom stereocenters. The molecule has 0 unspecified atom stereocenters. The Morgan fingerprint density at radius 3 is 1.90 bits per heavy atom. The second kappa shape index (κ2) is 9.47. The van der Waals surface area contributed by atoms with Crippen molar-refractivity contribution in [2.75, 3.05) is 0 Å². The highest BCUT2D eigenvalue weighted by molar-refractivity contribution is 6.03. The molecule has 6 heteroatoms. The van der Waals surface area contributed by atoms with Gasteiger partial charge in [0.05, 0.1) is 11.4 Å². The molecule has 6 nitrogen and oxygen atoms in total. The van der Waals surface area contributed by atoms with Crippen LogP contribution in [-0.4, -0.2) is 24.9 Å². The molecule has 0 fully saturated rings. The summed E-state index contributed by atoms with van der Waals surface area (Å²) in [6.07, 6.45) is 1.88. The van der Waals surface area contributed by atoms with Crippen LogP contribution < -0.4 is 0 Å². The molecule has 0 saturated heterocycles. The molecule has 0 amide bonds. The first-order valence-electron chi connectivity index (χ1n) is 13.3. The minimum Gasteiger partial charge on any atom is -0.454 e. The van der Waals surface area contributed by atoms with Gasteiger partial charge in [0.2, 0.25) is 0 Å². The summed E-state index contributed by atoms with van der Waals surface area (Å²) in [6, 6.07) is 40.0. The van der Waals surface area contributed by atoms with E-state index in [0.717, 1.165) is 60.9 Å². The Morgan fingerprint density at radius 1 is 0.463 bits per heavy atom. The third kappa shape index (κ3) is 4.10. The largest absolute Gasteiger partial charge is 0.454 e. The number of para-hydroxylation sites is 1. The van der Waals surface area contributed by atoms with Crippen molar-refractivity contribution in [2.24, 2.45) is 0 Å². The molecule has 0 saturated carbocycles. The Bertz CT molecular complexity index is 2150. The van der Waals surface area contributed by atoms with Crippen molar-refractivity contribution < 1.29 is 4.42 Å². The summed E-state index contributed by atoms with van der Waals surface area (Å²) in [5.74, 6) is 1.85. The third-order valence-corrected chi connectivity index (χ3v) is 7.19. The average molecular weight is 528 g/mol. The van der Waals surface area contributed by atoms with Gasteiger partial charge in [0.25, 0.3) is 0 Å². The number of benzene rings is 4. The molecule has 8 rings (SSSR count). The van der Waals surface area contributed by atoms with E-state index in [4.69, 9.17) is 29.3 Å². The van der Waals surface area contributed by atoms with Gasteiger partial charge in [-0.05, 0) is 35.7 Å². The fourth-order valence-electron chi connectivity index (χ4n) is 5.17. The second-order valence-corrected chi connectivity index (χ2v) is 9.78. The maximum Gasteiger partial charge on any atom is 0.164 e. The molecule has 4 aromatic heterocycles. The van der Waals surface area contributed by atoms with Crippen molar-refractivity contribution >= 4 is 32.8 Å². The van der Waals surface area contributed by atoms with Crippen molar-refractivity contribution in [1.29, 1.82) is 0 Å². The smallest absolute Gasteiger partial charge is 0.164 e. The molecule has 0 aliphatic carbocycles. The SMILES string of the molecule is c1ccc(-c2nc(-c3ccccc3)nc(-c3cccc4cc(-c5ccc6oc7ccccc7c6n5)ncc34)n2)cc1. The van der Waals surface area contributed by atoms with E-state index in [9.17, 15) is 0 Å². The van der Waals surface area contributed by atoms with Crippen LogP contribution in [0.4, 0.5) is 0 Å². The average Bonchev–Trinajstić information content (AvgIpc) is 3.43. The quantitative estimate of drug-likeness (QED) is 0.229. The van der Waals surface area contributed by atoms with Gasteiger partial charge in [0.15, 0.2) is 23.1 Å². The Kier molecular flexibility index (Phi) is 5.35. The Labute approximate surface area is 235 Å². The topological polar surface area (TPSA) is 77.6 Å². The number of aromatic nitrogens is 5. The van der Waals surface area contributed by atoms with Crippen LogP contribution in [0.5, 0.6) is 0 Å². The van der Waals surface area contributed by atoms with Gasteiger partial charge in [-0.15, -0.1) is 0 Å². The zero-order chi connectivity index (χ0) is 27.2. The summed E-state index contributed by atoms with van der Waals surface area (Å²) in [5, 5.41) is 2.97. The van der Waals surface area contributed by atoms with Crippen molar-refractivity contribution in [3.8, 4) is 45.6 Å². The first-order chi connectivity index (χ1) is 20.3. The number of hydrogen-bond donors (Lipinski definition) is 0. The molecule has 0 spiro atoms. The van der Waals surface area contributed by atoms with Crippen LogP contribution in [0, 0.1) is 0 Å². The molecule has 41 heavy (non-hydrogen) atoms. The van der Waals surface area contributed by atoms with Crippen molar-refractivity contribution in [3.05, 3.63) is 128 Å². The highest BCUT2D eigenvalue weighted by Gasteiger charge is 2.16. The van der Waals surface area contributed by atoms with Crippen LogP contribution in [-0.2, 0) is 0 Å². The van der Waals surface area contributed by atoms with Gasteiger partial charge < -0.3 is 4.42 Å². The highest BCUT2D eigenvalue weighted by atomic mass is 16.3. The monoisotopic (exact) mass is 527 g/mol. The van der Waals surface area contributed by atoms with Gasteiger partial charge in [-0.3, -0.25) is 4.98 Å². The van der Waals surface area contributed by atoms with E-state index < -0.39 is 0 Å². The van der Waals surface area contributed by atoms with Gasteiger partial charge >= 0.3 is 0 Å². The number of pyridine rings is 2. The standard InChI is InChI=1S/C35H21N5O/c1-3-10-22(11-4-1)33-38-34(23-12-5-2-6-13-23)40-35(39-33)25-16-9-14-24-20-29(36-21-27(24)25)28-18-19-31-32(37-28)26-15-7-8-17-30(26)41-31/h1-21H. The maximum absolute atomic E-state index is 5.96. The van der Waals surface area contributed by atoms with Gasteiger partial charge in [-0.25, -0.2) is 19.9 Å². The first kappa shape index (κ1) is 23.2. The van der Waals surface area contributed by atoms with E-state index in [0.29, 0.717) is 17.5 Å². The van der Waals surface area contributed by atoms with E-state index in [1.807, 2.05) is 115 Å². The molecule has 0 aliphatic rings. The van der Waals surface area contributed by atoms with Gasteiger partial charge in [0, 0.05) is 33.7 Å². The summed E-state index contributed by atoms with van der Waals surface area (Å²) in [7, 11) is 0. The summed E-state index contributed by atoms with van der Waals surface area (Å²) < 4.78 is 5.96. The minimum atomic E-state index is 0.599. The molecule has 0 bridgehead atoms. The molecule has 8 aromatic rings. The zero-order valence-electron chi connectivity index (χ0n) is 21.8. The first-order valence-corrected chi connectivity index (χ1v) is 13.3. The summed E-state index contributed by atoms with van der Waals surface area (Å²) in [4.78, 5) is 24.4. The number of rotatable bonds is 4. The summed E-state index contributed by atoms with van der Waals surface area (Å²) in [6.45, 7) is 0. The van der Waals surface area contributed by atoms with Gasteiger partial charge in [0.1, 0.15) is 11.1 Å². The molecule has 0 N–H and O–H groups in total. The van der Waals surface area contributed by atoms with Crippen molar-refractivity contribution in [1.82, 2.24) is 24.9 Å². The van der Waals surface area contributed by atoms with E-state index in [-0.39, 0.29) is 0 Å². The lowest BCUT2D eigenvalue weighted by Gasteiger charge is -2.11. The van der Waals surface area contributed by atoms with E-state index in [1.54, 1.807) is 0 Å². The Hall–Kier alpha value is -5.75. The van der Waals surface area contributed by atoms with Crippen LogP contribution in [0.25, 0.3) is 78.4 Å². The lowest BCUT2D eigenvalue weighted by Crippen LogP contribution is -2.00. The van der Waals surface area contributed by atoms with Crippen LogP contribution >= 0.6 is 0 Å². The Morgan fingerprint density at radius 2 is 1.15 bits per heavy atom. The molecular formula is C35H21N5O. The summed E-state index contributed by atoms with van der Waals surface area (Å²) >= 11 is 0. The fourth-order valence-corrected chi connectivity index (χ4v) is 5.17. The minimum absolute atomic E-state index is 0.599. The molecular weight excluding hydrogens is 506 g/mol. The number of fused-ring (bicyclic) bond motifs is 4. The number of nitrogens with zero attached hydrogens (tertiary/aromatic N) is 5. The molecule has 0 radical (unpaired) electrons. The predicted molar refractivity (Wildman–Crippen MR) is 162 cm³/mol. The third-order valence-electron chi connectivity index (χ3n) is 7.19. The molecule has 4 heterocycles. The predicted octanol–water partition coefficient (Wildman–Crippen LogP) is 8.38. The molecule has 192 valence electrons.